The van der Waals surface area contributed by atoms with Gasteiger partial charge in [-0.2, -0.15) is 0 Å². The van der Waals surface area contributed by atoms with Gasteiger partial charge < -0.3 is 19.2 Å². The Bertz CT molecular complexity index is 1170. The van der Waals surface area contributed by atoms with Crippen molar-refractivity contribution in [3.05, 3.63) is 77.1 Å². The summed E-state index contributed by atoms with van der Waals surface area (Å²) in [5.41, 5.74) is 2.33. The van der Waals surface area contributed by atoms with Crippen molar-refractivity contribution in [2.75, 3.05) is 6.61 Å². The molecular weight excluding hydrogens is 468 g/mol. The van der Waals surface area contributed by atoms with Crippen molar-refractivity contribution in [2.24, 2.45) is 5.92 Å². The highest BCUT2D eigenvalue weighted by Crippen LogP contribution is 2.36. The van der Waals surface area contributed by atoms with E-state index in [2.05, 4.69) is 24.9 Å². The van der Waals surface area contributed by atoms with E-state index in [0.29, 0.717) is 42.6 Å². The monoisotopic (exact) mass is 506 g/mol. The minimum Gasteiger partial charge on any atom is -0.493 e. The van der Waals surface area contributed by atoms with Crippen LogP contribution < -0.4 is 4.74 Å². The maximum absolute atomic E-state index is 12.9. The van der Waals surface area contributed by atoms with Gasteiger partial charge in [0.15, 0.2) is 6.04 Å². The summed E-state index contributed by atoms with van der Waals surface area (Å²) in [6.07, 6.45) is 13.8. The number of rotatable bonds is 11. The number of nitrogens with zero attached hydrogens (tertiary/aromatic N) is 2. The molecule has 1 N–H and O–H groups in total. The van der Waals surface area contributed by atoms with Gasteiger partial charge in [0.2, 0.25) is 11.8 Å². The number of hydrogen-bond acceptors (Lipinski definition) is 5. The number of aromatic nitrogens is 1. The summed E-state index contributed by atoms with van der Waals surface area (Å²) in [6, 6.07) is 4.18. The normalized spacial score (nSPS) is 17.8. The minimum atomic E-state index is -1.08. The number of carboxylic acids is 1. The van der Waals surface area contributed by atoms with Gasteiger partial charge in [-0.25, -0.2) is 9.78 Å². The quantitative estimate of drug-likeness (QED) is 0.293. The molecule has 3 rings (SSSR count). The second kappa shape index (κ2) is 13.1. The van der Waals surface area contributed by atoms with Gasteiger partial charge in [0.25, 0.3) is 0 Å². The lowest BCUT2D eigenvalue weighted by Crippen LogP contribution is -2.48. The average Bonchev–Trinajstić information content (AvgIpc) is 3.20. The number of carbonyl (C=O) groups is 2. The van der Waals surface area contributed by atoms with Crippen molar-refractivity contribution < 1.29 is 23.8 Å². The summed E-state index contributed by atoms with van der Waals surface area (Å²) in [4.78, 5) is 31.1. The van der Waals surface area contributed by atoms with E-state index in [9.17, 15) is 14.7 Å². The molecule has 198 valence electrons. The molecule has 7 nitrogen and oxygen atoms in total. The Morgan fingerprint density at radius 3 is 2.78 bits per heavy atom. The second-order valence-corrected chi connectivity index (χ2v) is 9.81. The molecular formula is C30H38N2O5. The Hall–Kier alpha value is -3.61. The van der Waals surface area contributed by atoms with Crippen LogP contribution in [0.4, 0.5) is 0 Å². The predicted molar refractivity (Wildman–Crippen MR) is 144 cm³/mol. The zero-order valence-corrected chi connectivity index (χ0v) is 22.4. The van der Waals surface area contributed by atoms with Gasteiger partial charge in [-0.05, 0) is 75.3 Å². The second-order valence-electron chi connectivity index (χ2n) is 9.81. The lowest BCUT2D eigenvalue weighted by molar-refractivity contribution is -0.151. The molecule has 1 aromatic carbocycles. The van der Waals surface area contributed by atoms with Crippen LogP contribution in [0.1, 0.15) is 75.1 Å². The smallest absolute Gasteiger partial charge is 0.331 e. The van der Waals surface area contributed by atoms with Gasteiger partial charge in [-0.3, -0.25) is 4.79 Å². The van der Waals surface area contributed by atoms with Crippen molar-refractivity contribution in [2.45, 2.75) is 72.4 Å². The summed E-state index contributed by atoms with van der Waals surface area (Å²) in [7, 11) is 0. The number of fused-ring (bicyclic) bond motifs is 1. The topological polar surface area (TPSA) is 92.9 Å². The first-order chi connectivity index (χ1) is 17.7. The number of carboxylic acid groups (broad SMARTS) is 1. The third-order valence-electron chi connectivity index (χ3n) is 6.40. The van der Waals surface area contributed by atoms with Crippen molar-refractivity contribution in [3.63, 3.8) is 0 Å². The van der Waals surface area contributed by atoms with Crippen molar-refractivity contribution in [1.82, 2.24) is 9.88 Å². The average molecular weight is 507 g/mol. The molecule has 0 saturated carbocycles. The molecule has 37 heavy (non-hydrogen) atoms. The van der Waals surface area contributed by atoms with Crippen LogP contribution in [0.5, 0.6) is 5.75 Å². The molecule has 0 bridgehead atoms. The standard InChI is InChI=1S/C30H38N2O5/c1-6-7-8-13-28(33)32-21(4)18-23-14-15-24(19-25(23)29(32)30(34)35)36-17-16-26-22(5)37-27(31-26)12-10-9-11-20(2)3/h6-8,10,12-15,19-21,29H,9,11,16-18H2,1-5H3,(H,34,35)/t21-,29?/m0/s1. The summed E-state index contributed by atoms with van der Waals surface area (Å²) in [6.45, 7) is 10.4. The molecule has 1 aliphatic rings. The molecule has 0 spiro atoms. The van der Waals surface area contributed by atoms with Crippen molar-refractivity contribution in [3.8, 4) is 5.75 Å². The maximum Gasteiger partial charge on any atom is 0.331 e. The van der Waals surface area contributed by atoms with Crippen LogP contribution in [-0.2, 0) is 22.4 Å². The van der Waals surface area contributed by atoms with Crippen LogP contribution in [0.2, 0.25) is 0 Å². The van der Waals surface area contributed by atoms with E-state index in [0.717, 1.165) is 29.9 Å². The number of ether oxygens (including phenoxy) is 1. The molecule has 0 radical (unpaired) electrons. The van der Waals surface area contributed by atoms with Crippen molar-refractivity contribution >= 4 is 18.0 Å². The summed E-state index contributed by atoms with van der Waals surface area (Å²) in [5, 5.41) is 10.0. The van der Waals surface area contributed by atoms with Crippen LogP contribution in [0.15, 0.2) is 53.0 Å². The lowest BCUT2D eigenvalue weighted by Gasteiger charge is -2.39. The van der Waals surface area contributed by atoms with E-state index in [1.165, 1.54) is 11.0 Å². The molecule has 2 aromatic rings. The first kappa shape index (κ1) is 28.0. The highest BCUT2D eigenvalue weighted by Gasteiger charge is 2.39. The number of hydrogen-bond donors (Lipinski definition) is 1. The number of benzene rings is 1. The molecule has 0 fully saturated rings. The number of oxazole rings is 1. The Labute approximate surface area is 219 Å². The van der Waals surface area contributed by atoms with Gasteiger partial charge in [0, 0.05) is 18.5 Å². The zero-order valence-electron chi connectivity index (χ0n) is 22.4. The highest BCUT2D eigenvalue weighted by molar-refractivity contribution is 5.92. The third-order valence-corrected chi connectivity index (χ3v) is 6.40. The van der Waals surface area contributed by atoms with E-state index >= 15 is 0 Å². The third kappa shape index (κ3) is 7.44. The van der Waals surface area contributed by atoms with E-state index in [1.807, 2.05) is 45.1 Å². The number of amides is 1. The molecule has 0 aliphatic carbocycles. The highest BCUT2D eigenvalue weighted by atomic mass is 16.5. The van der Waals surface area contributed by atoms with Gasteiger partial charge in [-0.15, -0.1) is 0 Å². The first-order valence-electron chi connectivity index (χ1n) is 12.9. The van der Waals surface area contributed by atoms with Crippen LogP contribution in [0, 0.1) is 12.8 Å². The minimum absolute atomic E-state index is 0.244. The first-order valence-corrected chi connectivity index (χ1v) is 12.9. The van der Waals surface area contributed by atoms with Crippen LogP contribution in [0.25, 0.3) is 6.08 Å². The summed E-state index contributed by atoms with van der Waals surface area (Å²) >= 11 is 0. The predicted octanol–water partition coefficient (Wildman–Crippen LogP) is 6.09. The number of aliphatic carboxylic acids is 1. The largest absolute Gasteiger partial charge is 0.493 e. The number of aryl methyl sites for hydroxylation is 1. The lowest BCUT2D eigenvalue weighted by atomic mass is 9.88. The molecule has 0 saturated heterocycles. The Morgan fingerprint density at radius 1 is 1.30 bits per heavy atom. The van der Waals surface area contributed by atoms with Crippen LogP contribution in [0.3, 0.4) is 0 Å². The molecule has 1 aliphatic heterocycles. The molecule has 1 aromatic heterocycles. The molecule has 1 unspecified atom stereocenters. The molecule has 2 atom stereocenters. The number of carbonyl (C=O) groups excluding carboxylic acids is 1. The summed E-state index contributed by atoms with van der Waals surface area (Å²) < 4.78 is 11.7. The maximum atomic E-state index is 12.9. The van der Waals surface area contributed by atoms with E-state index in [1.54, 1.807) is 18.2 Å². The SMILES string of the molecule is CC=CC=CC(=O)N1C(C(=O)O)c2cc(OCCc3nc(C=CCCC(C)C)oc3C)ccc2C[C@@H]1C. The zero-order chi connectivity index (χ0) is 26.9. The van der Waals surface area contributed by atoms with Gasteiger partial charge in [0.05, 0.1) is 12.3 Å². The number of allylic oxidation sites excluding steroid dienone is 4. The fraction of sp³-hybridized carbons (Fsp3) is 0.433. The molecule has 2 heterocycles. The Morgan fingerprint density at radius 2 is 2.08 bits per heavy atom. The van der Waals surface area contributed by atoms with E-state index < -0.39 is 12.0 Å². The van der Waals surface area contributed by atoms with Crippen LogP contribution >= 0.6 is 0 Å². The molecule has 7 heteroatoms. The van der Waals surface area contributed by atoms with Crippen molar-refractivity contribution in [1.29, 1.82) is 0 Å². The van der Waals surface area contributed by atoms with Gasteiger partial charge >= 0.3 is 5.97 Å². The van der Waals surface area contributed by atoms with Gasteiger partial charge in [0.1, 0.15) is 11.5 Å². The van der Waals surface area contributed by atoms with Gasteiger partial charge in [-0.1, -0.05) is 44.2 Å². The Kier molecular flexibility index (Phi) is 9.89. The van der Waals surface area contributed by atoms with E-state index in [4.69, 9.17) is 9.15 Å². The molecule has 1 amide bonds. The van der Waals surface area contributed by atoms with E-state index in [-0.39, 0.29) is 11.9 Å². The van der Waals surface area contributed by atoms with Crippen LogP contribution in [-0.4, -0.2) is 39.5 Å². The Balaban J connectivity index is 1.69. The fourth-order valence-electron chi connectivity index (χ4n) is 4.49. The fourth-order valence-corrected chi connectivity index (χ4v) is 4.49. The summed E-state index contributed by atoms with van der Waals surface area (Å²) in [5.74, 6) is 1.18.